The predicted octanol–water partition coefficient (Wildman–Crippen LogP) is 4.33. The van der Waals surface area contributed by atoms with Gasteiger partial charge in [0.15, 0.2) is 0 Å². The quantitative estimate of drug-likeness (QED) is 0.321. The lowest BCUT2D eigenvalue weighted by molar-refractivity contribution is 0.251. The zero-order valence-electron chi connectivity index (χ0n) is 21.2. The zero-order chi connectivity index (χ0) is 25.3. The van der Waals surface area contributed by atoms with E-state index in [1.54, 1.807) is 0 Å². The van der Waals surface area contributed by atoms with Crippen LogP contribution in [0.25, 0.3) is 0 Å². The van der Waals surface area contributed by atoms with E-state index in [0.29, 0.717) is 6.54 Å². The van der Waals surface area contributed by atoms with Gasteiger partial charge in [0, 0.05) is 64.1 Å². The third-order valence-electron chi connectivity index (χ3n) is 5.43. The Balaban J connectivity index is 0.000000201. The predicted molar refractivity (Wildman–Crippen MR) is 145 cm³/mol. The maximum Gasteiger partial charge on any atom is 0.0544 e. The standard InChI is InChI=1S/C15H19N3.C14H18N4/c1-2-11-18(12-14-7-3-5-9-16-14)13-15-8-4-6-10-17-15;15-7-10-18(11-13-5-1-3-8-16-13)12-14-6-2-4-9-17-14/h3-10H,2,11-13H2,1H3;1-6,8-9H,7,10-12,15H2. The molecule has 2 N–H and O–H groups in total. The van der Waals surface area contributed by atoms with Crippen molar-refractivity contribution < 1.29 is 0 Å². The lowest BCUT2D eigenvalue weighted by atomic mass is 10.2. The molecule has 0 spiro atoms. The van der Waals surface area contributed by atoms with Crippen molar-refractivity contribution in [2.24, 2.45) is 5.73 Å². The van der Waals surface area contributed by atoms with Crippen LogP contribution in [0.15, 0.2) is 97.6 Å². The number of pyridine rings is 4. The SMILES string of the molecule is CCCN(Cc1ccccn1)Cc1ccccn1.NCCN(Cc1ccccn1)Cc1ccccn1. The van der Waals surface area contributed by atoms with Crippen molar-refractivity contribution in [1.82, 2.24) is 29.7 Å². The molecule has 0 bridgehead atoms. The fourth-order valence-electron chi connectivity index (χ4n) is 3.81. The molecule has 0 radical (unpaired) electrons. The average molecular weight is 484 g/mol. The van der Waals surface area contributed by atoms with Gasteiger partial charge in [-0.25, -0.2) is 0 Å². The summed E-state index contributed by atoms with van der Waals surface area (Å²) in [6.45, 7) is 8.10. The first kappa shape index (κ1) is 27.1. The lowest BCUT2D eigenvalue weighted by Gasteiger charge is -2.20. The van der Waals surface area contributed by atoms with Crippen LogP contribution in [0.4, 0.5) is 0 Å². The highest BCUT2D eigenvalue weighted by Gasteiger charge is 2.08. The summed E-state index contributed by atoms with van der Waals surface area (Å²) in [6, 6.07) is 24.0. The summed E-state index contributed by atoms with van der Waals surface area (Å²) in [6.07, 6.45) is 8.47. The van der Waals surface area contributed by atoms with E-state index in [2.05, 4.69) is 48.8 Å². The molecule has 0 amide bonds. The summed E-state index contributed by atoms with van der Waals surface area (Å²) in [5, 5.41) is 0. The van der Waals surface area contributed by atoms with E-state index >= 15 is 0 Å². The fraction of sp³-hybridized carbons (Fsp3) is 0.310. The van der Waals surface area contributed by atoms with Crippen molar-refractivity contribution in [3.8, 4) is 0 Å². The summed E-state index contributed by atoms with van der Waals surface area (Å²) in [5.41, 5.74) is 9.99. The molecule has 4 aromatic rings. The molecule has 7 nitrogen and oxygen atoms in total. The van der Waals surface area contributed by atoms with Crippen LogP contribution in [0.3, 0.4) is 0 Å². The van der Waals surface area contributed by atoms with Crippen LogP contribution in [-0.4, -0.2) is 49.4 Å². The first-order valence-electron chi connectivity index (χ1n) is 12.5. The number of aromatic nitrogens is 4. The Labute approximate surface area is 215 Å². The summed E-state index contributed by atoms with van der Waals surface area (Å²) in [7, 11) is 0. The van der Waals surface area contributed by atoms with Gasteiger partial charge in [-0.05, 0) is 61.5 Å². The van der Waals surface area contributed by atoms with Crippen molar-refractivity contribution in [3.63, 3.8) is 0 Å². The normalized spacial score (nSPS) is 10.8. The third kappa shape index (κ3) is 10.4. The van der Waals surface area contributed by atoms with Gasteiger partial charge in [0.1, 0.15) is 0 Å². The van der Waals surface area contributed by atoms with Gasteiger partial charge in [-0.2, -0.15) is 0 Å². The van der Waals surface area contributed by atoms with E-state index in [9.17, 15) is 0 Å². The van der Waals surface area contributed by atoms with Gasteiger partial charge in [0.25, 0.3) is 0 Å². The monoisotopic (exact) mass is 483 g/mol. The largest absolute Gasteiger partial charge is 0.329 e. The highest BCUT2D eigenvalue weighted by molar-refractivity contribution is 5.07. The van der Waals surface area contributed by atoms with Gasteiger partial charge < -0.3 is 5.73 Å². The molecule has 0 saturated heterocycles. The minimum Gasteiger partial charge on any atom is -0.329 e. The fourth-order valence-corrected chi connectivity index (χ4v) is 3.81. The molecular formula is C29H37N7. The van der Waals surface area contributed by atoms with Crippen LogP contribution in [-0.2, 0) is 26.2 Å². The van der Waals surface area contributed by atoms with E-state index in [4.69, 9.17) is 5.73 Å². The van der Waals surface area contributed by atoms with Gasteiger partial charge in [0.2, 0.25) is 0 Å². The van der Waals surface area contributed by atoms with Crippen molar-refractivity contribution in [2.75, 3.05) is 19.6 Å². The van der Waals surface area contributed by atoms with Crippen LogP contribution in [0.1, 0.15) is 36.1 Å². The second kappa shape index (κ2) is 16.2. The summed E-state index contributed by atoms with van der Waals surface area (Å²) < 4.78 is 0. The molecule has 0 atom stereocenters. The van der Waals surface area contributed by atoms with Crippen LogP contribution >= 0.6 is 0 Å². The van der Waals surface area contributed by atoms with E-state index in [-0.39, 0.29) is 0 Å². The molecule has 0 aliphatic heterocycles. The van der Waals surface area contributed by atoms with Crippen molar-refractivity contribution >= 4 is 0 Å². The summed E-state index contributed by atoms with van der Waals surface area (Å²) in [4.78, 5) is 22.1. The summed E-state index contributed by atoms with van der Waals surface area (Å²) >= 11 is 0. The average Bonchev–Trinajstić information content (AvgIpc) is 2.92. The minimum atomic E-state index is 0.639. The van der Waals surface area contributed by atoms with Crippen molar-refractivity contribution in [3.05, 3.63) is 120 Å². The molecule has 0 saturated carbocycles. The molecule has 4 heterocycles. The van der Waals surface area contributed by atoms with Gasteiger partial charge in [-0.15, -0.1) is 0 Å². The Morgan fingerprint density at radius 3 is 1.11 bits per heavy atom. The van der Waals surface area contributed by atoms with Crippen LogP contribution in [0.5, 0.6) is 0 Å². The highest BCUT2D eigenvalue weighted by atomic mass is 15.1. The number of hydrogen-bond donors (Lipinski definition) is 1. The molecule has 0 fully saturated rings. The number of hydrogen-bond acceptors (Lipinski definition) is 7. The lowest BCUT2D eigenvalue weighted by Crippen LogP contribution is -2.29. The first-order valence-corrected chi connectivity index (χ1v) is 12.5. The molecule has 0 aliphatic carbocycles. The van der Waals surface area contributed by atoms with E-state index in [1.165, 1.54) is 0 Å². The Hall–Kier alpha value is -3.52. The van der Waals surface area contributed by atoms with Crippen molar-refractivity contribution in [2.45, 2.75) is 39.5 Å². The van der Waals surface area contributed by atoms with Gasteiger partial charge in [0.05, 0.1) is 22.8 Å². The Morgan fingerprint density at radius 1 is 0.528 bits per heavy atom. The van der Waals surface area contributed by atoms with Gasteiger partial charge in [-0.1, -0.05) is 31.2 Å². The second-order valence-electron chi connectivity index (χ2n) is 8.49. The van der Waals surface area contributed by atoms with Crippen LogP contribution in [0, 0.1) is 0 Å². The van der Waals surface area contributed by atoms with Crippen LogP contribution in [0.2, 0.25) is 0 Å². The molecule has 0 aromatic carbocycles. The van der Waals surface area contributed by atoms with Crippen LogP contribution < -0.4 is 5.73 Å². The number of rotatable bonds is 12. The third-order valence-corrected chi connectivity index (χ3v) is 5.43. The minimum absolute atomic E-state index is 0.639. The second-order valence-corrected chi connectivity index (χ2v) is 8.49. The summed E-state index contributed by atoms with van der Waals surface area (Å²) in [5.74, 6) is 0. The molecule has 0 unspecified atom stereocenters. The Morgan fingerprint density at radius 2 is 0.861 bits per heavy atom. The molecule has 0 aliphatic rings. The Kier molecular flexibility index (Phi) is 12.2. The van der Waals surface area contributed by atoms with E-state index in [0.717, 1.165) is 68.5 Å². The molecule has 188 valence electrons. The maximum absolute atomic E-state index is 5.65. The van der Waals surface area contributed by atoms with E-state index in [1.807, 2.05) is 85.5 Å². The molecule has 4 aromatic heterocycles. The number of nitrogens with two attached hydrogens (primary N) is 1. The smallest absolute Gasteiger partial charge is 0.0544 e. The molecule has 4 rings (SSSR count). The van der Waals surface area contributed by atoms with Crippen molar-refractivity contribution in [1.29, 1.82) is 0 Å². The maximum atomic E-state index is 5.65. The zero-order valence-corrected chi connectivity index (χ0v) is 21.2. The first-order chi connectivity index (χ1) is 17.8. The van der Waals surface area contributed by atoms with Gasteiger partial charge >= 0.3 is 0 Å². The Bertz CT molecular complexity index is 892. The number of nitrogens with zero attached hydrogens (tertiary/aromatic N) is 6. The molecule has 36 heavy (non-hydrogen) atoms. The van der Waals surface area contributed by atoms with E-state index < -0.39 is 0 Å². The topological polar surface area (TPSA) is 84.1 Å². The molecular weight excluding hydrogens is 446 g/mol. The molecule has 7 heteroatoms. The van der Waals surface area contributed by atoms with Gasteiger partial charge in [-0.3, -0.25) is 29.7 Å². The highest BCUT2D eigenvalue weighted by Crippen LogP contribution is 2.08.